The van der Waals surface area contributed by atoms with Crippen molar-refractivity contribution in [2.75, 3.05) is 18.9 Å². The van der Waals surface area contributed by atoms with E-state index in [1.54, 1.807) is 0 Å². The Morgan fingerprint density at radius 1 is 1.31 bits per heavy atom. The van der Waals surface area contributed by atoms with E-state index in [9.17, 15) is 0 Å². The minimum Gasteiger partial charge on any atom is -0.385 e. The number of nitrogens with zero attached hydrogens (tertiary/aromatic N) is 1. The average molecular weight is 218 g/mol. The maximum absolute atomic E-state index is 3.52. The fourth-order valence-corrected chi connectivity index (χ4v) is 2.11. The molecule has 0 fully saturated rings. The molecule has 2 nitrogen and oxygen atoms in total. The van der Waals surface area contributed by atoms with Gasteiger partial charge in [-0.25, -0.2) is 0 Å². The van der Waals surface area contributed by atoms with Crippen LogP contribution in [0.1, 0.15) is 31.4 Å². The molecule has 1 heterocycles. The fourth-order valence-electron chi connectivity index (χ4n) is 2.11. The van der Waals surface area contributed by atoms with Gasteiger partial charge < -0.3 is 5.32 Å². The zero-order valence-electron chi connectivity index (χ0n) is 10.6. The molecule has 1 aliphatic rings. The molecule has 0 bridgehead atoms. The first-order valence-electron chi connectivity index (χ1n) is 6.23. The quantitative estimate of drug-likeness (QED) is 0.835. The van der Waals surface area contributed by atoms with Crippen LogP contribution in [0.2, 0.25) is 0 Å². The molecule has 16 heavy (non-hydrogen) atoms. The number of fused-ring (bicyclic) bond motifs is 1. The minimum absolute atomic E-state index is 0.746. The maximum atomic E-state index is 3.52. The zero-order chi connectivity index (χ0) is 11.5. The number of rotatable bonds is 4. The van der Waals surface area contributed by atoms with Crippen LogP contribution in [0, 0.1) is 5.92 Å². The van der Waals surface area contributed by atoms with Crippen LogP contribution in [0.5, 0.6) is 0 Å². The van der Waals surface area contributed by atoms with E-state index in [-0.39, 0.29) is 0 Å². The first-order valence-corrected chi connectivity index (χ1v) is 6.23. The molecule has 2 heteroatoms. The summed E-state index contributed by atoms with van der Waals surface area (Å²) in [6, 6.07) is 6.78. The van der Waals surface area contributed by atoms with Crippen LogP contribution in [-0.4, -0.2) is 18.5 Å². The Balaban J connectivity index is 2.00. The van der Waals surface area contributed by atoms with E-state index < -0.39 is 0 Å². The fraction of sp³-hybridized carbons (Fsp3) is 0.571. The Morgan fingerprint density at radius 2 is 2.06 bits per heavy atom. The number of nitrogens with one attached hydrogen (secondary N) is 1. The lowest BCUT2D eigenvalue weighted by atomic mass is 10.1. The molecule has 0 spiro atoms. The lowest BCUT2D eigenvalue weighted by Gasteiger charge is -2.12. The summed E-state index contributed by atoms with van der Waals surface area (Å²) in [7, 11) is 2.17. The maximum Gasteiger partial charge on any atom is 0.0343 e. The van der Waals surface area contributed by atoms with E-state index in [1.165, 1.54) is 23.2 Å². The Bertz CT molecular complexity index is 360. The molecule has 1 unspecified atom stereocenters. The van der Waals surface area contributed by atoms with E-state index in [2.05, 4.69) is 49.3 Å². The van der Waals surface area contributed by atoms with Crippen molar-refractivity contribution in [1.82, 2.24) is 4.90 Å². The molecule has 0 aromatic heterocycles. The van der Waals surface area contributed by atoms with Gasteiger partial charge >= 0.3 is 0 Å². The standard InChI is InChI=1S/C14H22N2/c1-4-11(2)8-15-14-6-5-12-9-16(3)10-13(12)7-14/h5-7,11,15H,4,8-10H2,1-3H3. The molecular formula is C14H22N2. The van der Waals surface area contributed by atoms with Crippen LogP contribution in [-0.2, 0) is 13.1 Å². The van der Waals surface area contributed by atoms with Crippen LogP contribution in [0.3, 0.4) is 0 Å². The summed E-state index contributed by atoms with van der Waals surface area (Å²) >= 11 is 0. The Morgan fingerprint density at radius 3 is 2.81 bits per heavy atom. The molecule has 1 aromatic rings. The molecule has 88 valence electrons. The molecule has 1 aromatic carbocycles. The first-order chi connectivity index (χ1) is 7.69. The normalized spacial score (nSPS) is 17.2. The number of benzene rings is 1. The summed E-state index contributed by atoms with van der Waals surface area (Å²) in [6.45, 7) is 7.79. The summed E-state index contributed by atoms with van der Waals surface area (Å²) in [4.78, 5) is 2.35. The van der Waals surface area contributed by atoms with E-state index in [1.807, 2.05) is 0 Å². The minimum atomic E-state index is 0.746. The smallest absolute Gasteiger partial charge is 0.0343 e. The van der Waals surface area contributed by atoms with Gasteiger partial charge in [0, 0.05) is 25.3 Å². The predicted octanol–water partition coefficient (Wildman–Crippen LogP) is 3.09. The Kier molecular flexibility index (Phi) is 3.49. The van der Waals surface area contributed by atoms with Crippen LogP contribution in [0.4, 0.5) is 5.69 Å². The van der Waals surface area contributed by atoms with E-state index in [0.29, 0.717) is 0 Å². The highest BCUT2D eigenvalue weighted by Crippen LogP contribution is 2.24. The van der Waals surface area contributed by atoms with Crippen molar-refractivity contribution in [2.24, 2.45) is 5.92 Å². The van der Waals surface area contributed by atoms with Gasteiger partial charge in [-0.2, -0.15) is 0 Å². The van der Waals surface area contributed by atoms with E-state index in [0.717, 1.165) is 25.6 Å². The van der Waals surface area contributed by atoms with Crippen molar-refractivity contribution in [3.05, 3.63) is 29.3 Å². The highest BCUT2D eigenvalue weighted by Gasteiger charge is 2.15. The molecule has 1 aliphatic heterocycles. The van der Waals surface area contributed by atoms with Crippen molar-refractivity contribution in [2.45, 2.75) is 33.4 Å². The summed E-state index contributed by atoms with van der Waals surface area (Å²) in [6.07, 6.45) is 1.24. The average Bonchev–Trinajstić information content (AvgIpc) is 2.65. The Hall–Kier alpha value is -1.02. The highest BCUT2D eigenvalue weighted by atomic mass is 15.1. The second-order valence-electron chi connectivity index (χ2n) is 5.05. The lowest BCUT2D eigenvalue weighted by Crippen LogP contribution is -2.10. The molecule has 0 saturated heterocycles. The van der Waals surface area contributed by atoms with E-state index in [4.69, 9.17) is 0 Å². The van der Waals surface area contributed by atoms with Crippen LogP contribution in [0.15, 0.2) is 18.2 Å². The number of anilines is 1. The van der Waals surface area contributed by atoms with E-state index >= 15 is 0 Å². The Labute approximate surface area is 98.7 Å². The van der Waals surface area contributed by atoms with Gasteiger partial charge in [0.2, 0.25) is 0 Å². The second-order valence-corrected chi connectivity index (χ2v) is 5.05. The van der Waals surface area contributed by atoms with Gasteiger partial charge in [0.1, 0.15) is 0 Å². The number of hydrogen-bond acceptors (Lipinski definition) is 2. The van der Waals surface area contributed by atoms with Gasteiger partial charge in [0.15, 0.2) is 0 Å². The number of hydrogen-bond donors (Lipinski definition) is 1. The molecule has 2 rings (SSSR count). The van der Waals surface area contributed by atoms with Crippen LogP contribution in [0.25, 0.3) is 0 Å². The third kappa shape index (κ3) is 2.56. The molecule has 0 aliphatic carbocycles. The van der Waals surface area contributed by atoms with Gasteiger partial charge in [0.05, 0.1) is 0 Å². The largest absolute Gasteiger partial charge is 0.385 e. The lowest BCUT2D eigenvalue weighted by molar-refractivity contribution is 0.353. The SMILES string of the molecule is CCC(C)CNc1ccc2c(c1)CN(C)C2. The van der Waals surface area contributed by atoms with Crippen molar-refractivity contribution < 1.29 is 0 Å². The third-order valence-corrected chi connectivity index (χ3v) is 3.44. The van der Waals surface area contributed by atoms with Crippen molar-refractivity contribution in [3.8, 4) is 0 Å². The summed E-state index contributed by atoms with van der Waals surface area (Å²) in [5.74, 6) is 0.746. The summed E-state index contributed by atoms with van der Waals surface area (Å²) < 4.78 is 0. The van der Waals surface area contributed by atoms with Crippen LogP contribution < -0.4 is 5.32 Å². The topological polar surface area (TPSA) is 15.3 Å². The van der Waals surface area contributed by atoms with Gasteiger partial charge in [-0.15, -0.1) is 0 Å². The van der Waals surface area contributed by atoms with Crippen LogP contribution >= 0.6 is 0 Å². The van der Waals surface area contributed by atoms with Gasteiger partial charge in [-0.1, -0.05) is 26.3 Å². The summed E-state index contributed by atoms with van der Waals surface area (Å²) in [5.41, 5.74) is 4.24. The molecule has 0 radical (unpaired) electrons. The monoisotopic (exact) mass is 218 g/mol. The van der Waals surface area contributed by atoms with Crippen molar-refractivity contribution in [1.29, 1.82) is 0 Å². The van der Waals surface area contributed by atoms with Crippen molar-refractivity contribution >= 4 is 5.69 Å². The van der Waals surface area contributed by atoms with Crippen molar-refractivity contribution in [3.63, 3.8) is 0 Å². The predicted molar refractivity (Wildman–Crippen MR) is 69.6 cm³/mol. The van der Waals surface area contributed by atoms with Gasteiger partial charge in [-0.05, 0) is 36.2 Å². The first kappa shape index (κ1) is 11.5. The zero-order valence-corrected chi connectivity index (χ0v) is 10.6. The molecular weight excluding hydrogens is 196 g/mol. The van der Waals surface area contributed by atoms with Gasteiger partial charge in [-0.3, -0.25) is 4.90 Å². The molecule has 1 N–H and O–H groups in total. The third-order valence-electron chi connectivity index (χ3n) is 3.44. The second kappa shape index (κ2) is 4.88. The summed E-state index contributed by atoms with van der Waals surface area (Å²) in [5, 5.41) is 3.52. The highest BCUT2D eigenvalue weighted by molar-refractivity contribution is 5.49. The molecule has 0 saturated carbocycles. The van der Waals surface area contributed by atoms with Gasteiger partial charge in [0.25, 0.3) is 0 Å². The molecule has 1 atom stereocenters. The molecule has 0 amide bonds.